The van der Waals surface area contributed by atoms with Gasteiger partial charge in [-0.2, -0.15) is 5.26 Å². The lowest BCUT2D eigenvalue weighted by Crippen LogP contribution is -2.25. The van der Waals surface area contributed by atoms with Gasteiger partial charge < -0.3 is 5.32 Å². The predicted octanol–water partition coefficient (Wildman–Crippen LogP) is 2.68. The summed E-state index contributed by atoms with van der Waals surface area (Å²) in [4.78, 5) is 11.7. The zero-order valence-corrected chi connectivity index (χ0v) is 9.84. The molecule has 0 radical (unpaired) electrons. The van der Waals surface area contributed by atoms with Crippen molar-refractivity contribution in [3.63, 3.8) is 0 Å². The lowest BCUT2D eigenvalue weighted by atomic mass is 10.1. The van der Waals surface area contributed by atoms with Crippen LogP contribution in [0.4, 0.5) is 0 Å². The molecule has 16 heavy (non-hydrogen) atoms. The van der Waals surface area contributed by atoms with Crippen molar-refractivity contribution in [1.29, 1.82) is 5.26 Å². The smallest absolute Gasteiger partial charge is 0.251 e. The molecule has 1 rings (SSSR count). The third kappa shape index (κ3) is 3.56. The van der Waals surface area contributed by atoms with Crippen LogP contribution in [-0.4, -0.2) is 12.5 Å². The Kier molecular flexibility index (Phi) is 4.81. The van der Waals surface area contributed by atoms with Crippen molar-refractivity contribution in [3.8, 4) is 6.07 Å². The highest BCUT2D eigenvalue weighted by atomic mass is 35.5. The predicted molar refractivity (Wildman–Crippen MR) is 63.4 cm³/mol. The summed E-state index contributed by atoms with van der Waals surface area (Å²) in [7, 11) is 0. The van der Waals surface area contributed by atoms with Crippen molar-refractivity contribution >= 4 is 17.5 Å². The minimum Gasteiger partial charge on any atom is -0.352 e. The largest absolute Gasteiger partial charge is 0.352 e. The summed E-state index contributed by atoms with van der Waals surface area (Å²) in [6.07, 6.45) is 1.13. The highest BCUT2D eigenvalue weighted by molar-refractivity contribution is 6.30. The van der Waals surface area contributed by atoms with Crippen LogP contribution in [0.5, 0.6) is 0 Å². The normalized spacial score (nSPS) is 9.56. The molecule has 1 aromatic carbocycles. The Balaban J connectivity index is 2.57. The van der Waals surface area contributed by atoms with E-state index in [9.17, 15) is 4.79 Å². The van der Waals surface area contributed by atoms with E-state index in [2.05, 4.69) is 5.32 Å². The minimum absolute atomic E-state index is 0.118. The number of carbonyl (C=O) groups is 1. The molecule has 1 N–H and O–H groups in total. The molecule has 1 amide bonds. The van der Waals surface area contributed by atoms with Crippen LogP contribution in [0.15, 0.2) is 18.2 Å². The maximum Gasteiger partial charge on any atom is 0.251 e. The van der Waals surface area contributed by atoms with Gasteiger partial charge in [-0.25, -0.2) is 0 Å². The summed E-state index contributed by atoms with van der Waals surface area (Å²) >= 11 is 5.80. The Bertz CT molecular complexity index is 424. The summed E-state index contributed by atoms with van der Waals surface area (Å²) in [5.74, 6) is -0.118. The Morgan fingerprint density at radius 1 is 1.56 bits per heavy atom. The molecular weight excluding hydrogens is 224 g/mol. The molecule has 0 aromatic heterocycles. The van der Waals surface area contributed by atoms with E-state index in [0.29, 0.717) is 30.0 Å². The van der Waals surface area contributed by atoms with Gasteiger partial charge in [-0.3, -0.25) is 4.79 Å². The van der Waals surface area contributed by atoms with Crippen molar-refractivity contribution in [2.45, 2.75) is 19.8 Å². The standard InChI is InChI=1S/C12H13ClN2O/c1-9-8-10(13)4-5-11(9)12(16)15-7-3-2-6-14/h4-5,8H,2-3,7H2,1H3,(H,15,16). The number of amides is 1. The van der Waals surface area contributed by atoms with Crippen LogP contribution in [0.3, 0.4) is 0 Å². The maximum atomic E-state index is 11.7. The lowest BCUT2D eigenvalue weighted by Gasteiger charge is -2.06. The van der Waals surface area contributed by atoms with Crippen molar-refractivity contribution in [1.82, 2.24) is 5.32 Å². The number of carbonyl (C=O) groups excluding carboxylic acids is 1. The number of nitrogens with one attached hydrogen (secondary N) is 1. The monoisotopic (exact) mass is 236 g/mol. The van der Waals surface area contributed by atoms with Gasteiger partial charge in [0, 0.05) is 23.6 Å². The molecule has 0 heterocycles. The first-order chi connectivity index (χ1) is 7.65. The van der Waals surface area contributed by atoms with Gasteiger partial charge in [0.1, 0.15) is 0 Å². The molecule has 0 saturated carbocycles. The number of rotatable bonds is 4. The van der Waals surface area contributed by atoms with E-state index >= 15 is 0 Å². The van der Waals surface area contributed by atoms with Gasteiger partial charge in [-0.05, 0) is 37.1 Å². The van der Waals surface area contributed by atoms with Crippen molar-refractivity contribution in [3.05, 3.63) is 34.3 Å². The summed E-state index contributed by atoms with van der Waals surface area (Å²) < 4.78 is 0. The van der Waals surface area contributed by atoms with Gasteiger partial charge in [-0.1, -0.05) is 11.6 Å². The number of aryl methyl sites for hydroxylation is 1. The topological polar surface area (TPSA) is 52.9 Å². The van der Waals surface area contributed by atoms with Crippen molar-refractivity contribution < 1.29 is 4.79 Å². The second-order valence-electron chi connectivity index (χ2n) is 3.48. The Morgan fingerprint density at radius 3 is 2.94 bits per heavy atom. The molecule has 4 heteroatoms. The Labute approximate surface area is 100 Å². The van der Waals surface area contributed by atoms with E-state index in [1.165, 1.54) is 0 Å². The summed E-state index contributed by atoms with van der Waals surface area (Å²) in [5, 5.41) is 11.7. The highest BCUT2D eigenvalue weighted by Gasteiger charge is 2.07. The Hall–Kier alpha value is -1.53. The average Bonchev–Trinajstić information content (AvgIpc) is 2.24. The first kappa shape index (κ1) is 12.5. The molecule has 84 valence electrons. The molecule has 0 saturated heterocycles. The summed E-state index contributed by atoms with van der Waals surface area (Å²) in [5.41, 5.74) is 1.48. The minimum atomic E-state index is -0.118. The van der Waals surface area contributed by atoms with E-state index in [1.807, 2.05) is 13.0 Å². The van der Waals surface area contributed by atoms with E-state index < -0.39 is 0 Å². The van der Waals surface area contributed by atoms with Crippen LogP contribution in [0.1, 0.15) is 28.8 Å². The van der Waals surface area contributed by atoms with Crippen LogP contribution < -0.4 is 5.32 Å². The molecular formula is C12H13ClN2O. The number of nitriles is 1. The Morgan fingerprint density at radius 2 is 2.31 bits per heavy atom. The zero-order valence-electron chi connectivity index (χ0n) is 9.09. The van der Waals surface area contributed by atoms with Gasteiger partial charge in [0.2, 0.25) is 0 Å². The molecule has 0 aliphatic carbocycles. The molecule has 0 bridgehead atoms. The summed E-state index contributed by atoms with van der Waals surface area (Å²) in [6, 6.07) is 7.19. The molecule has 0 aliphatic rings. The van der Waals surface area contributed by atoms with Crippen LogP contribution in [0.25, 0.3) is 0 Å². The molecule has 0 spiro atoms. The van der Waals surface area contributed by atoms with E-state index in [0.717, 1.165) is 5.56 Å². The molecule has 1 aromatic rings. The van der Waals surface area contributed by atoms with E-state index in [-0.39, 0.29) is 5.91 Å². The van der Waals surface area contributed by atoms with Gasteiger partial charge in [-0.15, -0.1) is 0 Å². The number of halogens is 1. The first-order valence-corrected chi connectivity index (χ1v) is 5.44. The fourth-order valence-electron chi connectivity index (χ4n) is 1.35. The summed E-state index contributed by atoms with van der Waals surface area (Å²) in [6.45, 7) is 2.37. The quantitative estimate of drug-likeness (QED) is 0.818. The number of hydrogen-bond donors (Lipinski definition) is 1. The van der Waals surface area contributed by atoms with Crippen molar-refractivity contribution in [2.24, 2.45) is 0 Å². The lowest BCUT2D eigenvalue weighted by molar-refractivity contribution is 0.0953. The third-order valence-corrected chi connectivity index (χ3v) is 2.42. The fourth-order valence-corrected chi connectivity index (χ4v) is 1.57. The van der Waals surface area contributed by atoms with Gasteiger partial charge in [0.05, 0.1) is 6.07 Å². The van der Waals surface area contributed by atoms with Crippen molar-refractivity contribution in [2.75, 3.05) is 6.54 Å². The molecule has 0 unspecified atom stereocenters. The first-order valence-electron chi connectivity index (χ1n) is 5.06. The van der Waals surface area contributed by atoms with E-state index in [1.54, 1.807) is 18.2 Å². The number of unbranched alkanes of at least 4 members (excludes halogenated alkanes) is 1. The van der Waals surface area contributed by atoms with Crippen LogP contribution in [0, 0.1) is 18.3 Å². The molecule has 0 atom stereocenters. The van der Waals surface area contributed by atoms with Gasteiger partial charge in [0.25, 0.3) is 5.91 Å². The van der Waals surface area contributed by atoms with Gasteiger partial charge in [0.15, 0.2) is 0 Å². The maximum absolute atomic E-state index is 11.7. The number of benzene rings is 1. The number of hydrogen-bond acceptors (Lipinski definition) is 2. The number of nitrogens with zero attached hydrogens (tertiary/aromatic N) is 1. The molecule has 0 fully saturated rings. The highest BCUT2D eigenvalue weighted by Crippen LogP contribution is 2.14. The van der Waals surface area contributed by atoms with E-state index in [4.69, 9.17) is 16.9 Å². The van der Waals surface area contributed by atoms with Crippen LogP contribution in [-0.2, 0) is 0 Å². The fraction of sp³-hybridized carbons (Fsp3) is 0.333. The SMILES string of the molecule is Cc1cc(Cl)ccc1C(=O)NCCCC#N. The molecule has 3 nitrogen and oxygen atoms in total. The van der Waals surface area contributed by atoms with Crippen LogP contribution >= 0.6 is 11.6 Å². The molecule has 0 aliphatic heterocycles. The van der Waals surface area contributed by atoms with Gasteiger partial charge >= 0.3 is 0 Å². The van der Waals surface area contributed by atoms with Crippen LogP contribution in [0.2, 0.25) is 5.02 Å². The third-order valence-electron chi connectivity index (χ3n) is 2.18. The second-order valence-corrected chi connectivity index (χ2v) is 3.91. The average molecular weight is 237 g/mol. The second kappa shape index (κ2) is 6.14. The zero-order chi connectivity index (χ0) is 12.0.